The fraction of sp³-hybridized carbons (Fsp3) is 0.167. The van der Waals surface area contributed by atoms with Gasteiger partial charge in [-0.05, 0) is 23.8 Å². The highest BCUT2D eigenvalue weighted by Gasteiger charge is 2.26. The van der Waals surface area contributed by atoms with E-state index in [2.05, 4.69) is 4.74 Å². The minimum atomic E-state index is -2.30. The Bertz CT molecular complexity index is 917. The minimum absolute atomic E-state index is 0.191. The Kier molecular flexibility index (Phi) is 6.85. The Morgan fingerprint density at radius 3 is 2.07 bits per heavy atom. The molecule has 0 aliphatic rings. The van der Waals surface area contributed by atoms with Gasteiger partial charge in [0, 0.05) is 6.08 Å². The lowest BCUT2D eigenvalue weighted by Crippen LogP contribution is -2.10. The Balaban J connectivity index is 2.15. The predicted octanol–water partition coefficient (Wildman–Crippen LogP) is 4.81. The Morgan fingerprint density at radius 2 is 1.54 bits per heavy atom. The second kappa shape index (κ2) is 8.92. The van der Waals surface area contributed by atoms with Crippen molar-refractivity contribution in [3.05, 3.63) is 63.4 Å². The molecule has 28 heavy (non-hydrogen) atoms. The highest BCUT2D eigenvalue weighted by atomic mass is 35.5. The van der Waals surface area contributed by atoms with Crippen LogP contribution in [-0.2, 0) is 16.1 Å². The van der Waals surface area contributed by atoms with E-state index in [1.165, 1.54) is 32.4 Å². The highest BCUT2D eigenvalue weighted by Crippen LogP contribution is 2.36. The van der Waals surface area contributed by atoms with Gasteiger partial charge in [-0.1, -0.05) is 11.6 Å². The molecule has 0 heterocycles. The quantitative estimate of drug-likeness (QED) is 0.220. The molecule has 0 unspecified atom stereocenters. The van der Waals surface area contributed by atoms with Crippen LogP contribution in [0.1, 0.15) is 11.1 Å². The van der Waals surface area contributed by atoms with E-state index < -0.39 is 47.2 Å². The van der Waals surface area contributed by atoms with E-state index in [4.69, 9.17) is 21.1 Å². The second-order valence-electron chi connectivity index (χ2n) is 5.23. The zero-order valence-electron chi connectivity index (χ0n) is 14.4. The van der Waals surface area contributed by atoms with Crippen LogP contribution in [0, 0.1) is 29.1 Å². The topological polar surface area (TPSA) is 44.8 Å². The average Bonchev–Trinajstić information content (AvgIpc) is 2.68. The van der Waals surface area contributed by atoms with Gasteiger partial charge in [-0.2, -0.15) is 0 Å². The summed E-state index contributed by atoms with van der Waals surface area (Å²) >= 11 is 6.01. The molecule has 0 N–H and O–H groups in total. The van der Waals surface area contributed by atoms with Crippen molar-refractivity contribution in [3.8, 4) is 11.5 Å². The van der Waals surface area contributed by atoms with E-state index in [0.717, 1.165) is 6.08 Å². The van der Waals surface area contributed by atoms with Crippen LogP contribution in [0.3, 0.4) is 0 Å². The summed E-state index contributed by atoms with van der Waals surface area (Å²) in [5.74, 6) is -11.2. The Labute approximate surface area is 161 Å². The van der Waals surface area contributed by atoms with Crippen LogP contribution in [0.2, 0.25) is 5.02 Å². The van der Waals surface area contributed by atoms with E-state index in [1.807, 2.05) is 0 Å². The van der Waals surface area contributed by atoms with Crippen LogP contribution in [0.4, 0.5) is 22.0 Å². The third kappa shape index (κ3) is 4.36. The highest BCUT2D eigenvalue weighted by molar-refractivity contribution is 6.32. The molecule has 2 aromatic rings. The van der Waals surface area contributed by atoms with Crippen LogP contribution in [0.25, 0.3) is 6.08 Å². The zero-order valence-corrected chi connectivity index (χ0v) is 15.2. The summed E-state index contributed by atoms with van der Waals surface area (Å²) < 4.78 is 81.0. The third-order valence-corrected chi connectivity index (χ3v) is 3.81. The lowest BCUT2D eigenvalue weighted by molar-refractivity contribution is -0.139. The third-order valence-electron chi connectivity index (χ3n) is 3.53. The first-order valence-electron chi connectivity index (χ1n) is 7.47. The normalized spacial score (nSPS) is 11.0. The summed E-state index contributed by atoms with van der Waals surface area (Å²) in [7, 11) is 2.76. The first-order valence-corrected chi connectivity index (χ1v) is 7.85. The monoisotopic (exact) mass is 422 g/mol. The smallest absolute Gasteiger partial charge is 0.331 e. The average molecular weight is 423 g/mol. The van der Waals surface area contributed by atoms with Crippen molar-refractivity contribution in [2.24, 2.45) is 0 Å². The first-order chi connectivity index (χ1) is 13.2. The molecule has 0 aromatic heterocycles. The number of rotatable bonds is 6. The van der Waals surface area contributed by atoms with Gasteiger partial charge in [-0.15, -0.1) is 0 Å². The number of carbonyl (C=O) groups excluding carboxylic acids is 1. The van der Waals surface area contributed by atoms with Gasteiger partial charge in [0.25, 0.3) is 0 Å². The first kappa shape index (κ1) is 21.5. The summed E-state index contributed by atoms with van der Waals surface area (Å²) in [4.78, 5) is 11.7. The van der Waals surface area contributed by atoms with Gasteiger partial charge in [0.05, 0.1) is 24.8 Å². The van der Waals surface area contributed by atoms with Gasteiger partial charge in [0.15, 0.2) is 34.8 Å². The molecule has 0 saturated carbocycles. The van der Waals surface area contributed by atoms with Gasteiger partial charge < -0.3 is 14.2 Å². The van der Waals surface area contributed by atoms with Gasteiger partial charge >= 0.3 is 5.97 Å². The van der Waals surface area contributed by atoms with Crippen LogP contribution in [-0.4, -0.2) is 20.2 Å². The van der Waals surface area contributed by atoms with Crippen molar-refractivity contribution in [2.75, 3.05) is 14.2 Å². The van der Waals surface area contributed by atoms with Crippen molar-refractivity contribution < 1.29 is 41.0 Å². The molecular weight excluding hydrogens is 411 g/mol. The van der Waals surface area contributed by atoms with Gasteiger partial charge in [-0.3, -0.25) is 0 Å². The Hall–Kier alpha value is -2.81. The molecule has 0 fully saturated rings. The minimum Gasteiger partial charge on any atom is -0.493 e. The standard InChI is InChI=1S/C18H12ClF5O4/c1-26-11-6-8(5-10(19)18(11)27-2)3-4-12(25)28-7-9-13(20)15(22)17(24)16(23)14(9)21/h3-6H,7H2,1-2H3/b4-3+. The molecule has 150 valence electrons. The lowest BCUT2D eigenvalue weighted by atomic mass is 10.1. The molecule has 0 saturated heterocycles. The second-order valence-corrected chi connectivity index (χ2v) is 5.63. The maximum Gasteiger partial charge on any atom is 0.331 e. The maximum atomic E-state index is 13.5. The number of hydrogen-bond donors (Lipinski definition) is 0. The molecule has 10 heteroatoms. The molecule has 0 amide bonds. The van der Waals surface area contributed by atoms with E-state index in [-0.39, 0.29) is 16.5 Å². The molecular formula is C18H12ClF5O4. The number of methoxy groups -OCH3 is 2. The van der Waals surface area contributed by atoms with E-state index >= 15 is 0 Å². The number of ether oxygens (including phenoxy) is 3. The molecule has 0 bridgehead atoms. The summed E-state index contributed by atoms with van der Waals surface area (Å²) in [6, 6.07) is 2.93. The molecule has 0 radical (unpaired) electrons. The molecule has 2 rings (SSSR count). The van der Waals surface area contributed by atoms with E-state index in [9.17, 15) is 26.7 Å². The van der Waals surface area contributed by atoms with Crippen LogP contribution in [0.15, 0.2) is 18.2 Å². The SMILES string of the molecule is COc1cc(/C=C/C(=O)OCc2c(F)c(F)c(F)c(F)c2F)cc(Cl)c1OC. The van der Waals surface area contributed by atoms with Crippen molar-refractivity contribution in [1.82, 2.24) is 0 Å². The van der Waals surface area contributed by atoms with Gasteiger partial charge in [0.1, 0.15) is 6.61 Å². The Morgan fingerprint density at radius 1 is 0.964 bits per heavy atom. The lowest BCUT2D eigenvalue weighted by Gasteiger charge is -2.10. The fourth-order valence-corrected chi connectivity index (χ4v) is 2.46. The van der Waals surface area contributed by atoms with Crippen molar-refractivity contribution >= 4 is 23.6 Å². The van der Waals surface area contributed by atoms with E-state index in [1.54, 1.807) is 0 Å². The molecule has 0 atom stereocenters. The van der Waals surface area contributed by atoms with Crippen molar-refractivity contribution in [3.63, 3.8) is 0 Å². The predicted molar refractivity (Wildman–Crippen MR) is 89.6 cm³/mol. The number of esters is 1. The number of carbonyl (C=O) groups is 1. The van der Waals surface area contributed by atoms with Crippen molar-refractivity contribution in [2.45, 2.75) is 6.61 Å². The van der Waals surface area contributed by atoms with Crippen LogP contribution >= 0.6 is 11.6 Å². The molecule has 0 spiro atoms. The summed E-state index contributed by atoms with van der Waals surface area (Å²) in [6.45, 7) is -1.15. The molecule has 0 aliphatic heterocycles. The summed E-state index contributed by atoms with van der Waals surface area (Å²) in [6.07, 6.45) is 2.12. The van der Waals surface area contributed by atoms with Crippen molar-refractivity contribution in [1.29, 1.82) is 0 Å². The van der Waals surface area contributed by atoms with Gasteiger partial charge in [-0.25, -0.2) is 26.7 Å². The van der Waals surface area contributed by atoms with Gasteiger partial charge in [0.2, 0.25) is 5.82 Å². The molecule has 0 aliphatic carbocycles. The number of hydrogen-bond acceptors (Lipinski definition) is 4. The summed E-state index contributed by atoms with van der Waals surface area (Å²) in [5, 5.41) is 0.191. The van der Waals surface area contributed by atoms with Crippen LogP contribution < -0.4 is 9.47 Å². The fourth-order valence-electron chi connectivity index (χ4n) is 2.17. The number of halogens is 6. The zero-order chi connectivity index (χ0) is 21.0. The maximum absolute atomic E-state index is 13.5. The molecule has 4 nitrogen and oxygen atoms in total. The largest absolute Gasteiger partial charge is 0.493 e. The van der Waals surface area contributed by atoms with Crippen LogP contribution in [0.5, 0.6) is 11.5 Å². The van der Waals surface area contributed by atoms with E-state index in [0.29, 0.717) is 5.56 Å². The molecule has 2 aromatic carbocycles. The number of benzene rings is 2. The summed E-state index contributed by atoms with van der Waals surface area (Å²) in [5.41, 5.74) is -0.858.